The zero-order valence-corrected chi connectivity index (χ0v) is 7.81. The first-order chi connectivity index (χ1) is 7.64. The first-order valence-electron chi connectivity index (χ1n) is 4.00. The van der Waals surface area contributed by atoms with E-state index in [-0.39, 0.29) is 6.07 Å². The van der Waals surface area contributed by atoms with Crippen molar-refractivity contribution in [2.45, 2.75) is 12.6 Å². The summed E-state index contributed by atoms with van der Waals surface area (Å²) in [6.45, 7) is 0. The smallest absolute Gasteiger partial charge is 0.422 e. The van der Waals surface area contributed by atoms with Crippen LogP contribution < -0.4 is 5.43 Å². The van der Waals surface area contributed by atoms with Gasteiger partial charge in [-0.25, -0.2) is 13.6 Å². The number of aromatic amines is 1. The third-order valence-corrected chi connectivity index (χ3v) is 1.79. The first-order valence-corrected chi connectivity index (χ1v) is 4.00. The third-order valence-electron chi connectivity index (χ3n) is 1.79. The predicted octanol–water partition coefficient (Wildman–Crippen LogP) is 2.03. The Balaban J connectivity index is 3.62. The molecule has 0 aliphatic heterocycles. The van der Waals surface area contributed by atoms with Gasteiger partial charge in [0.2, 0.25) is 0 Å². The van der Waals surface area contributed by atoms with Crippen LogP contribution in [0.4, 0.5) is 22.0 Å². The lowest BCUT2D eigenvalue weighted by Crippen LogP contribution is -2.25. The average molecular weight is 257 g/mol. The highest BCUT2D eigenvalue weighted by atomic mass is 19.4. The van der Waals surface area contributed by atoms with Crippen LogP contribution in [-0.2, 0) is 6.18 Å². The molecule has 0 aromatic carbocycles. The van der Waals surface area contributed by atoms with Gasteiger partial charge in [0, 0.05) is 6.07 Å². The minimum absolute atomic E-state index is 0.108. The van der Waals surface area contributed by atoms with E-state index in [1.165, 1.54) is 4.98 Å². The van der Waals surface area contributed by atoms with E-state index in [4.69, 9.17) is 5.11 Å². The van der Waals surface area contributed by atoms with E-state index in [0.29, 0.717) is 0 Å². The summed E-state index contributed by atoms with van der Waals surface area (Å²) in [6, 6.07) is 0.108. The van der Waals surface area contributed by atoms with Crippen LogP contribution in [0.3, 0.4) is 0 Å². The number of alkyl halides is 5. The molecule has 0 amide bonds. The number of pyridine rings is 1. The van der Waals surface area contributed by atoms with E-state index in [9.17, 15) is 31.5 Å². The van der Waals surface area contributed by atoms with Gasteiger partial charge in [0.1, 0.15) is 11.3 Å². The van der Waals surface area contributed by atoms with Gasteiger partial charge in [-0.1, -0.05) is 0 Å². The van der Waals surface area contributed by atoms with E-state index in [1.807, 2.05) is 0 Å². The monoisotopic (exact) mass is 257 g/mol. The molecule has 1 heterocycles. The molecule has 17 heavy (non-hydrogen) atoms. The second kappa shape index (κ2) is 4.15. The zero-order valence-electron chi connectivity index (χ0n) is 7.81. The maximum Gasteiger partial charge on any atom is 0.422 e. The number of carboxylic acid groups (broad SMARTS) is 1. The van der Waals surface area contributed by atoms with Crippen LogP contribution in [0.1, 0.15) is 28.2 Å². The molecule has 9 heteroatoms. The van der Waals surface area contributed by atoms with Gasteiger partial charge in [-0.3, -0.25) is 4.79 Å². The molecule has 94 valence electrons. The molecule has 0 saturated heterocycles. The normalized spacial score (nSPS) is 11.9. The number of hydrogen-bond acceptors (Lipinski definition) is 2. The molecule has 0 spiro atoms. The quantitative estimate of drug-likeness (QED) is 0.796. The topological polar surface area (TPSA) is 70.2 Å². The number of aromatic carboxylic acids is 1. The lowest BCUT2D eigenvalue weighted by molar-refractivity contribution is -0.140. The van der Waals surface area contributed by atoms with E-state index in [2.05, 4.69) is 0 Å². The number of hydrogen-bond donors (Lipinski definition) is 2. The Morgan fingerprint density at radius 3 is 2.24 bits per heavy atom. The summed E-state index contributed by atoms with van der Waals surface area (Å²) in [5.41, 5.74) is -6.68. The predicted molar refractivity (Wildman–Crippen MR) is 44.0 cm³/mol. The third kappa shape index (κ3) is 2.60. The summed E-state index contributed by atoms with van der Waals surface area (Å²) in [5, 5.41) is 8.41. The SMILES string of the molecule is O=C(O)c1cc(=O)c(C(F)(F)F)c(C(F)F)[nH]1. The van der Waals surface area contributed by atoms with E-state index in [1.54, 1.807) is 0 Å². The summed E-state index contributed by atoms with van der Waals surface area (Å²) in [7, 11) is 0. The fourth-order valence-electron chi connectivity index (χ4n) is 1.15. The molecule has 0 aliphatic carbocycles. The van der Waals surface area contributed by atoms with Gasteiger partial charge in [-0.2, -0.15) is 13.2 Å². The highest BCUT2D eigenvalue weighted by Crippen LogP contribution is 2.32. The molecule has 0 saturated carbocycles. The van der Waals surface area contributed by atoms with Crippen molar-refractivity contribution in [1.82, 2.24) is 4.98 Å². The molecule has 4 nitrogen and oxygen atoms in total. The van der Waals surface area contributed by atoms with Gasteiger partial charge in [0.15, 0.2) is 5.43 Å². The second-order valence-electron chi connectivity index (χ2n) is 2.94. The van der Waals surface area contributed by atoms with E-state index < -0.39 is 41.0 Å². The number of halogens is 5. The lowest BCUT2D eigenvalue weighted by atomic mass is 10.1. The highest BCUT2D eigenvalue weighted by Gasteiger charge is 2.39. The molecule has 0 atom stereocenters. The van der Waals surface area contributed by atoms with E-state index >= 15 is 0 Å². The molecule has 0 aliphatic rings. The Labute approximate surface area is 89.7 Å². The Bertz CT molecular complexity index is 505. The lowest BCUT2D eigenvalue weighted by Gasteiger charge is -2.11. The van der Waals surface area contributed by atoms with E-state index in [0.717, 1.165) is 0 Å². The van der Waals surface area contributed by atoms with Gasteiger partial charge >= 0.3 is 12.1 Å². The molecular weight excluding hydrogens is 253 g/mol. The second-order valence-corrected chi connectivity index (χ2v) is 2.94. The summed E-state index contributed by atoms with van der Waals surface area (Å²) in [6.07, 6.45) is -8.92. The number of aromatic nitrogens is 1. The van der Waals surface area contributed by atoms with Crippen LogP contribution in [-0.4, -0.2) is 16.1 Å². The van der Waals surface area contributed by atoms with Crippen molar-refractivity contribution in [2.24, 2.45) is 0 Å². The van der Waals surface area contributed by atoms with Crippen molar-refractivity contribution in [3.8, 4) is 0 Å². The van der Waals surface area contributed by atoms with Crippen LogP contribution in [0.25, 0.3) is 0 Å². The van der Waals surface area contributed by atoms with Crippen LogP contribution in [0.2, 0.25) is 0 Å². The fraction of sp³-hybridized carbons (Fsp3) is 0.250. The zero-order chi connectivity index (χ0) is 13.4. The van der Waals surface area contributed by atoms with Gasteiger partial charge in [0.25, 0.3) is 6.43 Å². The Morgan fingerprint density at radius 2 is 1.88 bits per heavy atom. The Kier molecular flexibility index (Phi) is 3.21. The minimum atomic E-state index is -5.28. The summed E-state index contributed by atoms with van der Waals surface area (Å²) in [5.74, 6) is -1.81. The van der Waals surface area contributed by atoms with Crippen molar-refractivity contribution < 1.29 is 31.9 Å². The van der Waals surface area contributed by atoms with Crippen LogP contribution in [0, 0.1) is 0 Å². The number of nitrogens with one attached hydrogen (secondary N) is 1. The van der Waals surface area contributed by atoms with Gasteiger partial charge in [0.05, 0.1) is 5.69 Å². The molecular formula is C8H4F5NO3. The van der Waals surface area contributed by atoms with Crippen LogP contribution >= 0.6 is 0 Å². The summed E-state index contributed by atoms with van der Waals surface area (Å²) in [4.78, 5) is 22.8. The van der Waals surface area contributed by atoms with Gasteiger partial charge in [-0.15, -0.1) is 0 Å². The van der Waals surface area contributed by atoms with Crippen molar-refractivity contribution in [1.29, 1.82) is 0 Å². The molecule has 1 aromatic heterocycles. The number of H-pyrrole nitrogens is 1. The van der Waals surface area contributed by atoms with Crippen molar-refractivity contribution in [3.63, 3.8) is 0 Å². The molecule has 0 radical (unpaired) electrons. The molecule has 2 N–H and O–H groups in total. The average Bonchev–Trinajstić information content (AvgIpc) is 2.13. The van der Waals surface area contributed by atoms with Gasteiger partial charge in [-0.05, 0) is 0 Å². The molecule has 0 unspecified atom stereocenters. The standard InChI is InChI=1S/C8H4F5NO3/c9-6(10)5-4(8(11,12)13)3(15)1-2(14-5)7(16)17/h1,6H,(H,14,15)(H,16,17). The van der Waals surface area contributed by atoms with Gasteiger partial charge < -0.3 is 10.1 Å². The number of rotatable bonds is 2. The summed E-state index contributed by atoms with van der Waals surface area (Å²) < 4.78 is 61.5. The Hall–Kier alpha value is -1.93. The first kappa shape index (κ1) is 13.1. The minimum Gasteiger partial charge on any atom is -0.477 e. The molecule has 1 rings (SSSR count). The number of carbonyl (C=O) groups is 1. The van der Waals surface area contributed by atoms with Crippen LogP contribution in [0.5, 0.6) is 0 Å². The maximum atomic E-state index is 12.3. The molecule has 0 fully saturated rings. The summed E-state index contributed by atoms with van der Waals surface area (Å²) >= 11 is 0. The largest absolute Gasteiger partial charge is 0.477 e. The van der Waals surface area contributed by atoms with Crippen molar-refractivity contribution >= 4 is 5.97 Å². The Morgan fingerprint density at radius 1 is 1.35 bits per heavy atom. The van der Waals surface area contributed by atoms with Crippen molar-refractivity contribution in [3.05, 3.63) is 33.2 Å². The molecule has 0 bridgehead atoms. The fourth-order valence-corrected chi connectivity index (χ4v) is 1.15. The number of carboxylic acids is 1. The van der Waals surface area contributed by atoms with Crippen LogP contribution in [0.15, 0.2) is 10.9 Å². The maximum absolute atomic E-state index is 12.3. The highest BCUT2D eigenvalue weighted by molar-refractivity contribution is 5.85. The van der Waals surface area contributed by atoms with Crippen molar-refractivity contribution in [2.75, 3.05) is 0 Å². The molecule has 1 aromatic rings.